The number of imidazole rings is 1. The highest BCUT2D eigenvalue weighted by Crippen LogP contribution is 2.24. The van der Waals surface area contributed by atoms with Crippen molar-refractivity contribution in [3.05, 3.63) is 47.4 Å². The van der Waals surface area contributed by atoms with E-state index in [1.165, 1.54) is 0 Å². The van der Waals surface area contributed by atoms with E-state index in [-0.39, 0.29) is 0 Å². The van der Waals surface area contributed by atoms with Crippen LogP contribution in [0.25, 0.3) is 11.0 Å². The lowest BCUT2D eigenvalue weighted by atomic mass is 10.3. The Labute approximate surface area is 125 Å². The number of nitrogen functional groups attached to an aromatic ring is 1. The maximum Gasteiger partial charge on any atom is 0.115 e. The number of benzene rings is 1. The molecule has 0 spiro atoms. The SMILES string of the molecule is Nc1ccc2nc(CCSc3ncccc3Cl)[nH]c2c1. The van der Waals surface area contributed by atoms with Crippen molar-refractivity contribution >= 4 is 40.1 Å². The Bertz CT molecular complexity index is 741. The van der Waals surface area contributed by atoms with Crippen LogP contribution in [-0.2, 0) is 6.42 Å². The average molecular weight is 305 g/mol. The van der Waals surface area contributed by atoms with Gasteiger partial charge in [-0.25, -0.2) is 9.97 Å². The Morgan fingerprint density at radius 3 is 3.05 bits per heavy atom. The monoisotopic (exact) mass is 304 g/mol. The molecule has 0 radical (unpaired) electrons. The number of hydrogen-bond acceptors (Lipinski definition) is 4. The number of nitrogens with zero attached hydrogens (tertiary/aromatic N) is 2. The summed E-state index contributed by atoms with van der Waals surface area (Å²) in [6, 6.07) is 9.36. The molecule has 1 aromatic carbocycles. The lowest BCUT2D eigenvalue weighted by Crippen LogP contribution is -1.92. The van der Waals surface area contributed by atoms with E-state index in [9.17, 15) is 0 Å². The van der Waals surface area contributed by atoms with E-state index < -0.39 is 0 Å². The third-order valence-electron chi connectivity index (χ3n) is 2.86. The first-order valence-corrected chi connectivity index (χ1v) is 7.56. The molecular formula is C14H13ClN4S. The highest BCUT2D eigenvalue weighted by molar-refractivity contribution is 7.99. The lowest BCUT2D eigenvalue weighted by Gasteiger charge is -2.01. The van der Waals surface area contributed by atoms with E-state index in [0.29, 0.717) is 5.02 Å². The molecule has 102 valence electrons. The summed E-state index contributed by atoms with van der Waals surface area (Å²) in [6.07, 6.45) is 2.57. The zero-order chi connectivity index (χ0) is 13.9. The van der Waals surface area contributed by atoms with Crippen LogP contribution in [0.1, 0.15) is 5.82 Å². The number of anilines is 1. The van der Waals surface area contributed by atoms with Crippen LogP contribution in [-0.4, -0.2) is 20.7 Å². The van der Waals surface area contributed by atoms with E-state index in [1.54, 1.807) is 18.0 Å². The fourth-order valence-electron chi connectivity index (χ4n) is 1.92. The van der Waals surface area contributed by atoms with Crippen molar-refractivity contribution in [1.82, 2.24) is 15.0 Å². The number of hydrogen-bond donors (Lipinski definition) is 2. The minimum Gasteiger partial charge on any atom is -0.399 e. The van der Waals surface area contributed by atoms with Crippen LogP contribution in [0.5, 0.6) is 0 Å². The van der Waals surface area contributed by atoms with Crippen LogP contribution in [0.3, 0.4) is 0 Å². The summed E-state index contributed by atoms with van der Waals surface area (Å²) in [5.74, 6) is 1.82. The van der Waals surface area contributed by atoms with Crippen LogP contribution in [0.4, 0.5) is 5.69 Å². The summed E-state index contributed by atoms with van der Waals surface area (Å²) in [5, 5.41) is 1.55. The van der Waals surface area contributed by atoms with Gasteiger partial charge >= 0.3 is 0 Å². The van der Waals surface area contributed by atoms with Gasteiger partial charge in [-0.3, -0.25) is 0 Å². The van der Waals surface area contributed by atoms with E-state index in [1.807, 2.05) is 30.3 Å². The van der Waals surface area contributed by atoms with E-state index in [0.717, 1.165) is 39.7 Å². The van der Waals surface area contributed by atoms with Crippen LogP contribution >= 0.6 is 23.4 Å². The lowest BCUT2D eigenvalue weighted by molar-refractivity contribution is 1.01. The first-order valence-electron chi connectivity index (χ1n) is 6.20. The third-order valence-corrected chi connectivity index (χ3v) is 4.28. The first kappa shape index (κ1) is 13.3. The molecule has 0 unspecified atom stereocenters. The van der Waals surface area contributed by atoms with Crippen molar-refractivity contribution in [3.63, 3.8) is 0 Å². The molecule has 0 bridgehead atoms. The maximum atomic E-state index is 6.07. The fraction of sp³-hybridized carbons (Fsp3) is 0.143. The molecule has 6 heteroatoms. The predicted molar refractivity (Wildman–Crippen MR) is 84.2 cm³/mol. The summed E-state index contributed by atoms with van der Waals surface area (Å²) in [7, 11) is 0. The van der Waals surface area contributed by atoms with Gasteiger partial charge in [0.05, 0.1) is 16.1 Å². The number of H-pyrrole nitrogens is 1. The molecule has 2 heterocycles. The van der Waals surface area contributed by atoms with Gasteiger partial charge in [0.1, 0.15) is 10.9 Å². The van der Waals surface area contributed by atoms with Crippen LogP contribution in [0.15, 0.2) is 41.6 Å². The third kappa shape index (κ3) is 2.89. The molecule has 0 saturated heterocycles. The number of halogens is 1. The van der Waals surface area contributed by atoms with E-state index in [2.05, 4.69) is 15.0 Å². The maximum absolute atomic E-state index is 6.07. The molecule has 3 N–H and O–H groups in total. The number of rotatable bonds is 4. The van der Waals surface area contributed by atoms with Crippen molar-refractivity contribution in [1.29, 1.82) is 0 Å². The molecule has 4 nitrogen and oxygen atoms in total. The Morgan fingerprint density at radius 2 is 2.20 bits per heavy atom. The van der Waals surface area contributed by atoms with Crippen molar-refractivity contribution < 1.29 is 0 Å². The second-order valence-corrected chi connectivity index (χ2v) is 5.84. The summed E-state index contributed by atoms with van der Waals surface area (Å²) in [4.78, 5) is 12.1. The molecule has 0 atom stereocenters. The minimum absolute atomic E-state index is 0.690. The number of thioether (sulfide) groups is 1. The Kier molecular flexibility index (Phi) is 3.80. The second kappa shape index (κ2) is 5.73. The number of aryl methyl sites for hydroxylation is 1. The largest absolute Gasteiger partial charge is 0.399 e. The van der Waals surface area contributed by atoms with E-state index in [4.69, 9.17) is 17.3 Å². The summed E-state index contributed by atoms with van der Waals surface area (Å²) in [6.45, 7) is 0. The average Bonchev–Trinajstić information content (AvgIpc) is 2.83. The predicted octanol–water partition coefficient (Wildman–Crippen LogP) is 3.53. The van der Waals surface area contributed by atoms with Crippen molar-refractivity contribution in [2.24, 2.45) is 0 Å². The van der Waals surface area contributed by atoms with E-state index >= 15 is 0 Å². The molecule has 0 aliphatic carbocycles. The Hall–Kier alpha value is -1.72. The molecule has 0 aliphatic rings. The van der Waals surface area contributed by atoms with Crippen LogP contribution in [0, 0.1) is 0 Å². The number of aromatic amines is 1. The Balaban J connectivity index is 1.67. The molecule has 2 aromatic heterocycles. The summed E-state index contributed by atoms with van der Waals surface area (Å²) < 4.78 is 0. The van der Waals surface area contributed by atoms with Crippen molar-refractivity contribution in [2.45, 2.75) is 11.4 Å². The summed E-state index contributed by atoms with van der Waals surface area (Å²) in [5.41, 5.74) is 8.40. The van der Waals surface area contributed by atoms with Gasteiger partial charge in [0.25, 0.3) is 0 Å². The first-order chi connectivity index (χ1) is 9.72. The second-order valence-electron chi connectivity index (χ2n) is 4.35. The smallest absolute Gasteiger partial charge is 0.115 e. The number of nitrogens with one attached hydrogen (secondary N) is 1. The van der Waals surface area contributed by atoms with Gasteiger partial charge in [-0.2, -0.15) is 0 Å². The number of fused-ring (bicyclic) bond motifs is 1. The van der Waals surface area contributed by atoms with Crippen LogP contribution in [0.2, 0.25) is 5.02 Å². The highest BCUT2D eigenvalue weighted by atomic mass is 35.5. The zero-order valence-corrected chi connectivity index (χ0v) is 12.2. The molecule has 3 rings (SSSR count). The molecule has 0 saturated carbocycles. The van der Waals surface area contributed by atoms with Gasteiger partial charge in [-0.05, 0) is 30.3 Å². The normalized spacial score (nSPS) is 11.1. The number of pyridine rings is 1. The quantitative estimate of drug-likeness (QED) is 0.571. The van der Waals surface area contributed by atoms with Gasteiger partial charge in [0.15, 0.2) is 0 Å². The summed E-state index contributed by atoms with van der Waals surface area (Å²) >= 11 is 7.69. The zero-order valence-electron chi connectivity index (χ0n) is 10.6. The van der Waals surface area contributed by atoms with Crippen molar-refractivity contribution in [2.75, 3.05) is 11.5 Å². The molecule has 20 heavy (non-hydrogen) atoms. The molecule has 0 amide bonds. The van der Waals surface area contributed by atoms with Gasteiger partial charge in [-0.1, -0.05) is 11.6 Å². The topological polar surface area (TPSA) is 67.6 Å². The number of nitrogens with two attached hydrogens (primary N) is 1. The molecule has 0 fully saturated rings. The highest BCUT2D eigenvalue weighted by Gasteiger charge is 2.05. The van der Waals surface area contributed by atoms with Gasteiger partial charge < -0.3 is 10.7 Å². The standard InChI is InChI=1S/C14H13ClN4S/c15-10-2-1-6-17-14(10)20-7-5-13-18-11-4-3-9(16)8-12(11)19-13/h1-4,6,8H,5,7,16H2,(H,18,19). The van der Waals surface area contributed by atoms with Gasteiger partial charge in [-0.15, -0.1) is 11.8 Å². The molecule has 0 aliphatic heterocycles. The molecule has 3 aromatic rings. The fourth-order valence-corrected chi connectivity index (χ4v) is 3.04. The van der Waals surface area contributed by atoms with Crippen molar-refractivity contribution in [3.8, 4) is 0 Å². The van der Waals surface area contributed by atoms with Gasteiger partial charge in [0, 0.05) is 24.1 Å². The number of aromatic nitrogens is 3. The minimum atomic E-state index is 0.690. The molecular weight excluding hydrogens is 292 g/mol. The van der Waals surface area contributed by atoms with Gasteiger partial charge in [0.2, 0.25) is 0 Å². The van der Waals surface area contributed by atoms with Crippen LogP contribution < -0.4 is 5.73 Å². The Morgan fingerprint density at radius 1 is 1.30 bits per heavy atom.